The molecule has 36 heavy (non-hydrogen) atoms. The summed E-state index contributed by atoms with van der Waals surface area (Å²) in [6.45, 7) is 1.59. The van der Waals surface area contributed by atoms with Crippen LogP contribution in [-0.4, -0.2) is 46.5 Å². The van der Waals surface area contributed by atoms with Crippen molar-refractivity contribution in [1.82, 2.24) is 14.5 Å². The third-order valence-corrected chi connectivity index (χ3v) is 6.18. The number of nitrogens with one attached hydrogen (secondary N) is 1. The van der Waals surface area contributed by atoms with Gasteiger partial charge in [-0.25, -0.2) is 4.79 Å². The van der Waals surface area contributed by atoms with Gasteiger partial charge in [-0.2, -0.15) is 0 Å². The molecule has 0 bridgehead atoms. The molecule has 0 spiro atoms. The molecule has 2 amide bonds. The van der Waals surface area contributed by atoms with E-state index in [1.54, 1.807) is 29.2 Å². The molecule has 10 nitrogen and oxygen atoms in total. The monoisotopic (exact) mass is 491 g/mol. The summed E-state index contributed by atoms with van der Waals surface area (Å²) in [4.78, 5) is 56.3. The smallest absolute Gasteiger partial charge is 0.330 e. The molecule has 1 aliphatic heterocycles. The highest BCUT2D eigenvalue weighted by molar-refractivity contribution is 6.07. The topological polar surface area (TPSA) is 131 Å². The number of hydrogen-bond donors (Lipinski definition) is 2. The zero-order valence-corrected chi connectivity index (χ0v) is 20.1. The Hall–Kier alpha value is -4.18. The maximum atomic E-state index is 13.7. The molecule has 1 fully saturated rings. The minimum Gasteiger partial charge on any atom is -0.383 e. The molecule has 10 heteroatoms. The van der Waals surface area contributed by atoms with Gasteiger partial charge in [0.05, 0.1) is 19.7 Å². The quantitative estimate of drug-likeness (QED) is 0.469. The first-order chi connectivity index (χ1) is 17.4. The molecule has 1 aromatic heterocycles. The first-order valence-corrected chi connectivity index (χ1v) is 11.7. The maximum Gasteiger partial charge on any atom is 0.330 e. The van der Waals surface area contributed by atoms with Crippen LogP contribution in [0.3, 0.4) is 0 Å². The molecule has 2 heterocycles. The number of aromatic amines is 1. The van der Waals surface area contributed by atoms with Crippen molar-refractivity contribution in [3.63, 3.8) is 0 Å². The maximum absolute atomic E-state index is 13.7. The number of amides is 2. The third-order valence-electron chi connectivity index (χ3n) is 6.18. The highest BCUT2D eigenvalue weighted by Gasteiger charge is 2.26. The Balaban J connectivity index is 1.70. The average Bonchev–Trinajstić information content (AvgIpc) is 3.28. The fraction of sp³-hybridized carbons (Fsp3) is 0.308. The van der Waals surface area contributed by atoms with E-state index in [1.807, 2.05) is 30.3 Å². The lowest BCUT2D eigenvalue weighted by molar-refractivity contribution is -0.128. The number of benzene rings is 2. The second kappa shape index (κ2) is 11.0. The lowest BCUT2D eigenvalue weighted by Gasteiger charge is -2.25. The summed E-state index contributed by atoms with van der Waals surface area (Å²) in [5, 5.41) is 0. The van der Waals surface area contributed by atoms with Crippen molar-refractivity contribution in [3.05, 3.63) is 92.1 Å². The van der Waals surface area contributed by atoms with Gasteiger partial charge in [-0.05, 0) is 29.7 Å². The minimum absolute atomic E-state index is 0.0689. The number of hydrogen-bond acceptors (Lipinski definition) is 6. The molecule has 0 atom stereocenters. The first-order valence-electron chi connectivity index (χ1n) is 11.7. The standard InChI is InChI=1S/C26H29N5O5/c1-36-15-14-30-23(27)22(24(33)28-26(30)35)31(17-18-6-3-2-4-7-18)25(34)20-11-9-19(10-12-20)16-29-13-5-8-21(29)32/h2-4,6-7,9-12H,5,8,13-17,27H2,1H3,(H,28,33,35). The van der Waals surface area contributed by atoms with E-state index in [0.717, 1.165) is 24.1 Å². The molecule has 4 rings (SSSR count). The zero-order valence-electron chi connectivity index (χ0n) is 20.1. The number of nitrogens with zero attached hydrogens (tertiary/aromatic N) is 3. The number of ether oxygens (including phenoxy) is 1. The van der Waals surface area contributed by atoms with E-state index in [-0.39, 0.29) is 37.1 Å². The number of nitrogen functional groups attached to an aromatic ring is 1. The van der Waals surface area contributed by atoms with Gasteiger partial charge in [0.25, 0.3) is 11.5 Å². The molecular formula is C26H29N5O5. The Morgan fingerprint density at radius 2 is 1.78 bits per heavy atom. The van der Waals surface area contributed by atoms with E-state index in [0.29, 0.717) is 18.5 Å². The number of aromatic nitrogens is 2. The van der Waals surface area contributed by atoms with Crippen molar-refractivity contribution in [1.29, 1.82) is 0 Å². The number of nitrogens with two attached hydrogens (primary N) is 1. The van der Waals surface area contributed by atoms with Crippen LogP contribution in [0.25, 0.3) is 0 Å². The molecule has 3 N–H and O–H groups in total. The lowest BCUT2D eigenvalue weighted by atomic mass is 10.1. The highest BCUT2D eigenvalue weighted by atomic mass is 16.5. The number of rotatable bonds is 9. The Bertz CT molecular complexity index is 1350. The molecule has 1 saturated heterocycles. The summed E-state index contributed by atoms with van der Waals surface area (Å²) >= 11 is 0. The van der Waals surface area contributed by atoms with E-state index >= 15 is 0 Å². The minimum atomic E-state index is -0.750. The van der Waals surface area contributed by atoms with Crippen molar-refractivity contribution >= 4 is 23.3 Å². The van der Waals surface area contributed by atoms with Crippen molar-refractivity contribution in [2.75, 3.05) is 30.9 Å². The van der Waals surface area contributed by atoms with Crippen LogP contribution >= 0.6 is 0 Å². The van der Waals surface area contributed by atoms with Gasteiger partial charge in [-0.3, -0.25) is 28.8 Å². The summed E-state index contributed by atoms with van der Waals surface area (Å²) in [6, 6.07) is 16.1. The Labute approximate surface area is 207 Å². The Morgan fingerprint density at radius 3 is 2.42 bits per heavy atom. The van der Waals surface area contributed by atoms with Crippen molar-refractivity contribution in [2.24, 2.45) is 0 Å². The van der Waals surface area contributed by atoms with Crippen LogP contribution in [0, 0.1) is 0 Å². The normalized spacial score (nSPS) is 13.2. The van der Waals surface area contributed by atoms with Gasteiger partial charge < -0.3 is 15.4 Å². The number of carbonyl (C=O) groups excluding carboxylic acids is 2. The van der Waals surface area contributed by atoms with Crippen LogP contribution in [0.4, 0.5) is 11.5 Å². The summed E-state index contributed by atoms with van der Waals surface area (Å²) in [5.74, 6) is -0.437. The van der Waals surface area contributed by atoms with Crippen LogP contribution < -0.4 is 21.9 Å². The Morgan fingerprint density at radius 1 is 1.06 bits per heavy atom. The second-order valence-electron chi connectivity index (χ2n) is 8.63. The van der Waals surface area contributed by atoms with Gasteiger partial charge in [0.1, 0.15) is 5.82 Å². The summed E-state index contributed by atoms with van der Waals surface area (Å²) < 4.78 is 6.23. The van der Waals surface area contributed by atoms with E-state index in [2.05, 4.69) is 4.98 Å². The summed E-state index contributed by atoms with van der Waals surface area (Å²) in [7, 11) is 1.49. The van der Waals surface area contributed by atoms with Crippen LogP contribution in [-0.2, 0) is 29.2 Å². The number of likely N-dealkylation sites (tertiary alicyclic amines) is 1. The lowest BCUT2D eigenvalue weighted by Crippen LogP contribution is -2.41. The van der Waals surface area contributed by atoms with Gasteiger partial charge in [-0.15, -0.1) is 0 Å². The van der Waals surface area contributed by atoms with Gasteiger partial charge in [0.15, 0.2) is 5.69 Å². The molecule has 0 aliphatic carbocycles. The van der Waals surface area contributed by atoms with Crippen molar-refractivity contribution in [2.45, 2.75) is 32.5 Å². The predicted molar refractivity (Wildman–Crippen MR) is 136 cm³/mol. The SMILES string of the molecule is COCCn1c(N)c(N(Cc2ccccc2)C(=O)c2ccc(CN3CCCC3=O)cc2)c(=O)[nH]c1=O. The Kier molecular flexibility index (Phi) is 7.65. The number of carbonyl (C=O) groups is 2. The van der Waals surface area contributed by atoms with Gasteiger partial charge in [-0.1, -0.05) is 42.5 Å². The molecule has 3 aromatic rings. The van der Waals surface area contributed by atoms with Gasteiger partial charge >= 0.3 is 5.69 Å². The number of anilines is 2. The highest BCUT2D eigenvalue weighted by Crippen LogP contribution is 2.23. The molecule has 1 aliphatic rings. The molecule has 0 saturated carbocycles. The number of H-pyrrole nitrogens is 1. The van der Waals surface area contributed by atoms with Gasteiger partial charge in [0.2, 0.25) is 5.91 Å². The first kappa shape index (κ1) is 24.9. The zero-order chi connectivity index (χ0) is 25.7. The predicted octanol–water partition coefficient (Wildman–Crippen LogP) is 1.73. The van der Waals surface area contributed by atoms with E-state index in [9.17, 15) is 19.2 Å². The van der Waals surface area contributed by atoms with E-state index < -0.39 is 17.2 Å². The van der Waals surface area contributed by atoms with Crippen molar-refractivity contribution < 1.29 is 14.3 Å². The largest absolute Gasteiger partial charge is 0.383 e. The van der Waals surface area contributed by atoms with Crippen LogP contribution in [0.1, 0.15) is 34.3 Å². The van der Waals surface area contributed by atoms with Crippen LogP contribution in [0.2, 0.25) is 0 Å². The molecule has 0 unspecified atom stereocenters. The number of methoxy groups -OCH3 is 1. The molecule has 188 valence electrons. The van der Waals surface area contributed by atoms with Crippen LogP contribution in [0.5, 0.6) is 0 Å². The summed E-state index contributed by atoms with van der Waals surface area (Å²) in [6.07, 6.45) is 1.42. The second-order valence-corrected chi connectivity index (χ2v) is 8.63. The fourth-order valence-electron chi connectivity index (χ4n) is 4.26. The van der Waals surface area contributed by atoms with E-state index in [4.69, 9.17) is 10.5 Å². The van der Waals surface area contributed by atoms with Crippen molar-refractivity contribution in [3.8, 4) is 0 Å². The third kappa shape index (κ3) is 5.38. The molecular weight excluding hydrogens is 462 g/mol. The van der Waals surface area contributed by atoms with Gasteiger partial charge in [0, 0.05) is 32.2 Å². The summed E-state index contributed by atoms with van der Waals surface area (Å²) in [5.41, 5.74) is 6.78. The van der Waals surface area contributed by atoms with Crippen LogP contribution in [0.15, 0.2) is 64.2 Å². The van der Waals surface area contributed by atoms with E-state index in [1.165, 1.54) is 16.6 Å². The molecule has 2 aromatic carbocycles. The average molecular weight is 492 g/mol. The molecule has 0 radical (unpaired) electrons. The fourth-order valence-corrected chi connectivity index (χ4v) is 4.26.